The molecule has 1 saturated heterocycles. The van der Waals surface area contributed by atoms with Gasteiger partial charge < -0.3 is 15.1 Å². The number of benzene rings is 1. The maximum atomic E-state index is 5.68. The van der Waals surface area contributed by atoms with Crippen LogP contribution in [0.5, 0.6) is 0 Å². The van der Waals surface area contributed by atoms with Crippen LogP contribution < -0.4 is 10.2 Å². The maximum Gasteiger partial charge on any atom is 0.173 e. The third-order valence-corrected chi connectivity index (χ3v) is 7.53. The lowest BCUT2D eigenvalue weighted by molar-refractivity contribution is -0.937. The molecule has 0 spiro atoms. The van der Waals surface area contributed by atoms with E-state index in [1.54, 1.807) is 16.7 Å². The van der Waals surface area contributed by atoms with Crippen molar-refractivity contribution in [1.29, 1.82) is 0 Å². The summed E-state index contributed by atoms with van der Waals surface area (Å²) >= 11 is 7.45. The van der Waals surface area contributed by atoms with Gasteiger partial charge in [0.05, 0.1) is 19.1 Å². The second-order valence-electron chi connectivity index (χ2n) is 8.04. The Morgan fingerprint density at radius 3 is 2.62 bits per heavy atom. The molecule has 1 aliphatic heterocycles. The predicted molar refractivity (Wildman–Crippen MR) is 117 cm³/mol. The average Bonchev–Trinajstić information content (AvgIpc) is 2.68. The number of rotatable bonds is 4. The smallest absolute Gasteiger partial charge is 0.173 e. The molecule has 3 nitrogen and oxygen atoms in total. The Labute approximate surface area is 168 Å². The van der Waals surface area contributed by atoms with Crippen LogP contribution in [-0.4, -0.2) is 48.5 Å². The molecule has 2 fully saturated rings. The molecule has 1 aromatic carbocycles. The summed E-state index contributed by atoms with van der Waals surface area (Å²) in [7, 11) is 2.44. The third kappa shape index (κ3) is 4.93. The van der Waals surface area contributed by atoms with E-state index < -0.39 is 0 Å². The maximum absolute atomic E-state index is 5.68. The first-order valence-corrected chi connectivity index (χ1v) is 11.7. The van der Waals surface area contributed by atoms with E-state index >= 15 is 0 Å². The van der Waals surface area contributed by atoms with Crippen LogP contribution in [0.1, 0.15) is 45.4 Å². The highest BCUT2D eigenvalue weighted by atomic mass is 32.2. The zero-order valence-corrected chi connectivity index (χ0v) is 18.1. The fraction of sp³-hybridized carbons (Fsp3) is 0.667. The van der Waals surface area contributed by atoms with Crippen LogP contribution in [0.15, 0.2) is 29.2 Å². The molecule has 1 saturated carbocycles. The summed E-state index contributed by atoms with van der Waals surface area (Å²) in [5.41, 5.74) is 1.10. The second kappa shape index (κ2) is 9.43. The summed E-state index contributed by atoms with van der Waals surface area (Å²) in [5.74, 6) is 0.883. The van der Waals surface area contributed by atoms with Gasteiger partial charge in [-0.2, -0.15) is 0 Å². The summed E-state index contributed by atoms with van der Waals surface area (Å²) in [5, 5.41) is 4.32. The van der Waals surface area contributed by atoms with E-state index in [2.05, 4.69) is 54.7 Å². The standard InChI is InChI=1S/C21H33N3S2/c1-16-7-4-5-10-20(16)23(2)18-11-13-24(14-12-18)21(25)22-17-8-6-9-19(15-17)26-3/h6,8-9,15-16,18,20H,4-5,7,10-14H2,1-3H3,(H,22,25)/p+1. The predicted octanol–water partition coefficient (Wildman–Crippen LogP) is 3.66. The third-order valence-electron chi connectivity index (χ3n) is 6.44. The molecule has 3 rings (SSSR count). The van der Waals surface area contributed by atoms with E-state index in [9.17, 15) is 0 Å². The summed E-state index contributed by atoms with van der Waals surface area (Å²) < 4.78 is 0. The quantitative estimate of drug-likeness (QED) is 0.602. The zero-order chi connectivity index (χ0) is 18.5. The zero-order valence-electron chi connectivity index (χ0n) is 16.5. The van der Waals surface area contributed by atoms with Gasteiger partial charge in [0.1, 0.15) is 0 Å². The van der Waals surface area contributed by atoms with Gasteiger partial charge in [0.25, 0.3) is 0 Å². The highest BCUT2D eigenvalue weighted by Gasteiger charge is 2.34. The van der Waals surface area contributed by atoms with Crippen molar-refractivity contribution in [3.05, 3.63) is 24.3 Å². The van der Waals surface area contributed by atoms with Gasteiger partial charge in [0.2, 0.25) is 0 Å². The van der Waals surface area contributed by atoms with Crippen LogP contribution in [0.4, 0.5) is 5.69 Å². The summed E-state index contributed by atoms with van der Waals surface area (Å²) in [6, 6.07) is 10.1. The molecule has 1 aliphatic carbocycles. The van der Waals surface area contributed by atoms with Gasteiger partial charge in [-0.3, -0.25) is 0 Å². The van der Waals surface area contributed by atoms with Gasteiger partial charge in [-0.25, -0.2) is 0 Å². The lowest BCUT2D eigenvalue weighted by Gasteiger charge is -2.41. The first-order valence-electron chi connectivity index (χ1n) is 10.1. The minimum Gasteiger partial charge on any atom is -0.349 e. The number of likely N-dealkylation sites (tertiary alicyclic amines) is 1. The summed E-state index contributed by atoms with van der Waals surface area (Å²) in [6.45, 7) is 4.62. The number of quaternary nitrogens is 1. The minimum absolute atomic E-state index is 0.791. The highest BCUT2D eigenvalue weighted by molar-refractivity contribution is 7.98. The molecule has 1 heterocycles. The molecule has 144 valence electrons. The first-order chi connectivity index (χ1) is 12.6. The second-order valence-corrected chi connectivity index (χ2v) is 9.30. The molecule has 2 N–H and O–H groups in total. The Balaban J connectivity index is 1.50. The van der Waals surface area contributed by atoms with Gasteiger partial charge in [0, 0.05) is 42.4 Å². The van der Waals surface area contributed by atoms with Crippen LogP contribution >= 0.6 is 24.0 Å². The summed E-state index contributed by atoms with van der Waals surface area (Å²) in [6.07, 6.45) is 10.3. The van der Waals surface area contributed by atoms with Crippen molar-refractivity contribution in [2.75, 3.05) is 31.7 Å². The molecule has 3 atom stereocenters. The number of hydrogen-bond donors (Lipinski definition) is 2. The van der Waals surface area contributed by atoms with Crippen molar-refractivity contribution >= 4 is 34.8 Å². The molecule has 5 heteroatoms. The van der Waals surface area contributed by atoms with Crippen molar-refractivity contribution in [2.24, 2.45) is 5.92 Å². The normalized spacial score (nSPS) is 25.7. The van der Waals surface area contributed by atoms with E-state index in [0.29, 0.717) is 0 Å². The largest absolute Gasteiger partial charge is 0.349 e. The van der Waals surface area contributed by atoms with Crippen LogP contribution in [0.2, 0.25) is 0 Å². The Morgan fingerprint density at radius 1 is 1.19 bits per heavy atom. The molecule has 3 unspecified atom stereocenters. The van der Waals surface area contributed by atoms with Crippen molar-refractivity contribution in [3.8, 4) is 0 Å². The van der Waals surface area contributed by atoms with Crippen molar-refractivity contribution in [2.45, 2.75) is 62.4 Å². The molecular weight excluding hydrogens is 358 g/mol. The van der Waals surface area contributed by atoms with E-state index in [0.717, 1.165) is 41.9 Å². The van der Waals surface area contributed by atoms with E-state index in [1.165, 1.54) is 43.4 Å². The number of nitrogens with one attached hydrogen (secondary N) is 2. The van der Waals surface area contributed by atoms with Gasteiger partial charge in [-0.1, -0.05) is 19.4 Å². The van der Waals surface area contributed by atoms with Gasteiger partial charge in [0.15, 0.2) is 5.11 Å². The molecule has 0 bridgehead atoms. The molecule has 26 heavy (non-hydrogen) atoms. The van der Waals surface area contributed by atoms with Crippen molar-refractivity contribution in [1.82, 2.24) is 4.90 Å². The lowest BCUT2D eigenvalue weighted by atomic mass is 9.84. The average molecular weight is 393 g/mol. The Morgan fingerprint density at radius 2 is 1.92 bits per heavy atom. The van der Waals surface area contributed by atoms with E-state index in [-0.39, 0.29) is 0 Å². The Kier molecular flexibility index (Phi) is 7.24. The highest BCUT2D eigenvalue weighted by Crippen LogP contribution is 2.23. The molecule has 0 radical (unpaired) electrons. The van der Waals surface area contributed by atoms with Crippen LogP contribution in [-0.2, 0) is 0 Å². The summed E-state index contributed by atoms with van der Waals surface area (Å²) in [4.78, 5) is 5.40. The Hall–Kier alpha value is -0.780. The number of piperidine rings is 1. The lowest BCUT2D eigenvalue weighted by Crippen LogP contribution is -3.17. The fourth-order valence-electron chi connectivity index (χ4n) is 4.74. The number of anilines is 1. The number of thioether (sulfide) groups is 1. The molecule has 2 aliphatic rings. The number of hydrogen-bond acceptors (Lipinski definition) is 2. The van der Waals surface area contributed by atoms with Crippen molar-refractivity contribution < 1.29 is 4.90 Å². The Bertz CT molecular complexity index is 599. The van der Waals surface area contributed by atoms with Crippen LogP contribution in [0.25, 0.3) is 0 Å². The molecule has 0 amide bonds. The van der Waals surface area contributed by atoms with E-state index in [1.807, 2.05) is 0 Å². The van der Waals surface area contributed by atoms with Gasteiger partial charge in [-0.05, 0) is 55.9 Å². The van der Waals surface area contributed by atoms with Gasteiger partial charge >= 0.3 is 0 Å². The SMILES string of the molecule is CSc1cccc(NC(=S)N2CCC([NH+](C)C3CCCCC3C)CC2)c1. The molecule has 0 aromatic heterocycles. The molecule has 1 aromatic rings. The number of nitrogens with zero attached hydrogens (tertiary/aromatic N) is 1. The van der Waals surface area contributed by atoms with Crippen LogP contribution in [0, 0.1) is 5.92 Å². The number of thiocarbonyl (C=S) groups is 1. The van der Waals surface area contributed by atoms with E-state index in [4.69, 9.17) is 12.2 Å². The monoisotopic (exact) mass is 392 g/mol. The fourth-order valence-corrected chi connectivity index (χ4v) is 5.50. The van der Waals surface area contributed by atoms with Crippen molar-refractivity contribution in [3.63, 3.8) is 0 Å². The first kappa shape index (κ1) is 20.0. The molecular formula is C21H34N3S2+. The van der Waals surface area contributed by atoms with Crippen LogP contribution in [0.3, 0.4) is 0 Å². The van der Waals surface area contributed by atoms with Gasteiger partial charge in [-0.15, -0.1) is 11.8 Å². The minimum atomic E-state index is 0.791. The topological polar surface area (TPSA) is 19.7 Å².